The molecule has 118 valence electrons. The van der Waals surface area contributed by atoms with Crippen LogP contribution in [0.4, 0.5) is 5.69 Å². The van der Waals surface area contributed by atoms with Crippen molar-refractivity contribution in [1.29, 1.82) is 0 Å². The fourth-order valence-corrected chi connectivity index (χ4v) is 2.33. The summed E-state index contributed by atoms with van der Waals surface area (Å²) in [5.74, 6) is 0.973. The molecular formula is C18H23NO3. The fraction of sp³-hybridized carbons (Fsp3) is 0.333. The van der Waals surface area contributed by atoms with Crippen LogP contribution in [-0.4, -0.2) is 36.0 Å². The molecule has 0 spiro atoms. The molecule has 0 saturated heterocycles. The van der Waals surface area contributed by atoms with Gasteiger partial charge >= 0.3 is 0 Å². The first-order valence-corrected chi connectivity index (χ1v) is 7.50. The lowest BCUT2D eigenvalue weighted by molar-refractivity contribution is 0.112. The van der Waals surface area contributed by atoms with Gasteiger partial charge in [-0.3, -0.25) is 0 Å². The Morgan fingerprint density at radius 3 is 2.59 bits per heavy atom. The molecule has 0 aliphatic rings. The zero-order valence-corrected chi connectivity index (χ0v) is 13.1. The summed E-state index contributed by atoms with van der Waals surface area (Å²) in [5.41, 5.74) is 1.84. The number of nitrogens with zero attached hydrogens (tertiary/aromatic N) is 1. The van der Waals surface area contributed by atoms with Crippen molar-refractivity contribution in [1.82, 2.24) is 0 Å². The van der Waals surface area contributed by atoms with Crippen molar-refractivity contribution in [3.63, 3.8) is 0 Å². The SMILES string of the molecule is CCN(CC(O)COc1cccc(C)c1)c1ccccc1O. The number of aliphatic hydroxyl groups excluding tert-OH is 1. The van der Waals surface area contributed by atoms with Crippen LogP contribution in [0.3, 0.4) is 0 Å². The van der Waals surface area contributed by atoms with Gasteiger partial charge in [0.2, 0.25) is 0 Å². The Hall–Kier alpha value is -2.20. The smallest absolute Gasteiger partial charge is 0.138 e. The highest BCUT2D eigenvalue weighted by Gasteiger charge is 2.14. The molecule has 2 N–H and O–H groups in total. The molecule has 0 saturated carbocycles. The number of phenols is 1. The zero-order valence-electron chi connectivity index (χ0n) is 13.1. The van der Waals surface area contributed by atoms with Crippen molar-refractivity contribution in [3.8, 4) is 11.5 Å². The van der Waals surface area contributed by atoms with E-state index in [0.29, 0.717) is 13.1 Å². The number of likely N-dealkylation sites (N-methyl/N-ethyl adjacent to an activating group) is 1. The van der Waals surface area contributed by atoms with Gasteiger partial charge in [0.1, 0.15) is 24.2 Å². The number of para-hydroxylation sites is 2. The highest BCUT2D eigenvalue weighted by Crippen LogP contribution is 2.26. The lowest BCUT2D eigenvalue weighted by Crippen LogP contribution is -2.35. The van der Waals surface area contributed by atoms with Gasteiger partial charge in [0.05, 0.1) is 5.69 Å². The molecule has 1 unspecified atom stereocenters. The van der Waals surface area contributed by atoms with E-state index < -0.39 is 6.10 Å². The van der Waals surface area contributed by atoms with Crippen LogP contribution in [0.15, 0.2) is 48.5 Å². The van der Waals surface area contributed by atoms with Crippen LogP contribution in [0.1, 0.15) is 12.5 Å². The van der Waals surface area contributed by atoms with Gasteiger partial charge in [-0.05, 0) is 43.7 Å². The van der Waals surface area contributed by atoms with Crippen LogP contribution in [0.2, 0.25) is 0 Å². The summed E-state index contributed by atoms with van der Waals surface area (Å²) in [6.45, 7) is 5.30. The lowest BCUT2D eigenvalue weighted by Gasteiger charge is -2.26. The second kappa shape index (κ2) is 7.71. The molecule has 0 fully saturated rings. The Morgan fingerprint density at radius 2 is 1.91 bits per heavy atom. The maximum Gasteiger partial charge on any atom is 0.138 e. The minimum atomic E-state index is -0.639. The van der Waals surface area contributed by atoms with Gasteiger partial charge in [0.25, 0.3) is 0 Å². The van der Waals surface area contributed by atoms with Crippen LogP contribution in [0.25, 0.3) is 0 Å². The molecule has 0 aliphatic carbocycles. The van der Waals surface area contributed by atoms with Gasteiger partial charge in [0.15, 0.2) is 0 Å². The van der Waals surface area contributed by atoms with E-state index in [1.807, 2.05) is 55.1 Å². The molecule has 0 aromatic heterocycles. The molecule has 2 rings (SSSR count). The maximum atomic E-state index is 10.2. The number of aromatic hydroxyl groups is 1. The zero-order chi connectivity index (χ0) is 15.9. The Labute approximate surface area is 131 Å². The third-order valence-electron chi connectivity index (χ3n) is 3.47. The van der Waals surface area contributed by atoms with Gasteiger partial charge in [-0.25, -0.2) is 0 Å². The van der Waals surface area contributed by atoms with Gasteiger partial charge in [0, 0.05) is 13.1 Å². The molecule has 0 heterocycles. The molecule has 1 atom stereocenters. The molecule has 0 radical (unpaired) electrons. The van der Waals surface area contributed by atoms with Crippen molar-refractivity contribution in [2.45, 2.75) is 20.0 Å². The molecule has 4 nitrogen and oxygen atoms in total. The van der Waals surface area contributed by atoms with E-state index in [9.17, 15) is 10.2 Å². The number of anilines is 1. The summed E-state index contributed by atoms with van der Waals surface area (Å²) in [5, 5.41) is 20.1. The standard InChI is InChI=1S/C18H23NO3/c1-3-19(17-9-4-5-10-18(17)21)12-15(20)13-22-16-8-6-7-14(2)11-16/h4-11,15,20-21H,3,12-13H2,1-2H3. The summed E-state index contributed by atoms with van der Waals surface area (Å²) in [7, 11) is 0. The Balaban J connectivity index is 1.92. The summed E-state index contributed by atoms with van der Waals surface area (Å²) in [6, 6.07) is 14.9. The first-order chi connectivity index (χ1) is 10.6. The van der Waals surface area contributed by atoms with E-state index in [4.69, 9.17) is 4.74 Å². The normalized spacial score (nSPS) is 12.0. The van der Waals surface area contributed by atoms with Crippen molar-refractivity contribution in [2.24, 2.45) is 0 Å². The number of aryl methyl sites for hydroxylation is 1. The molecule has 22 heavy (non-hydrogen) atoms. The Bertz CT molecular complexity index is 600. The van der Waals surface area contributed by atoms with Crippen LogP contribution in [0, 0.1) is 6.92 Å². The average Bonchev–Trinajstić information content (AvgIpc) is 2.51. The summed E-state index contributed by atoms with van der Waals surface area (Å²) in [6.07, 6.45) is -0.639. The minimum absolute atomic E-state index is 0.216. The molecule has 4 heteroatoms. The number of benzene rings is 2. The summed E-state index contributed by atoms with van der Waals surface area (Å²) < 4.78 is 5.62. The molecule has 0 bridgehead atoms. The number of aliphatic hydroxyl groups is 1. The van der Waals surface area contributed by atoms with Crippen molar-refractivity contribution in [2.75, 3.05) is 24.6 Å². The van der Waals surface area contributed by atoms with Crippen LogP contribution >= 0.6 is 0 Å². The summed E-state index contributed by atoms with van der Waals surface area (Å²) >= 11 is 0. The van der Waals surface area contributed by atoms with E-state index in [0.717, 1.165) is 17.0 Å². The molecule has 0 amide bonds. The van der Waals surface area contributed by atoms with Gasteiger partial charge < -0.3 is 19.8 Å². The molecule has 2 aromatic carbocycles. The maximum absolute atomic E-state index is 10.2. The van der Waals surface area contributed by atoms with E-state index in [1.54, 1.807) is 12.1 Å². The fourth-order valence-electron chi connectivity index (χ4n) is 2.33. The second-order valence-electron chi connectivity index (χ2n) is 5.31. The Morgan fingerprint density at radius 1 is 1.14 bits per heavy atom. The molecule has 0 aliphatic heterocycles. The van der Waals surface area contributed by atoms with E-state index in [-0.39, 0.29) is 12.4 Å². The average molecular weight is 301 g/mol. The number of hydrogen-bond acceptors (Lipinski definition) is 4. The monoisotopic (exact) mass is 301 g/mol. The van der Waals surface area contributed by atoms with Gasteiger partial charge in [-0.1, -0.05) is 24.3 Å². The van der Waals surface area contributed by atoms with Crippen LogP contribution in [-0.2, 0) is 0 Å². The topological polar surface area (TPSA) is 52.9 Å². The number of hydrogen-bond donors (Lipinski definition) is 2. The predicted octanol–water partition coefficient (Wildman–Crippen LogP) is 2.97. The summed E-state index contributed by atoms with van der Waals surface area (Å²) in [4.78, 5) is 1.93. The van der Waals surface area contributed by atoms with E-state index in [2.05, 4.69) is 0 Å². The number of phenolic OH excluding ortho intramolecular Hbond substituents is 1. The highest BCUT2D eigenvalue weighted by atomic mass is 16.5. The van der Waals surface area contributed by atoms with Crippen LogP contribution < -0.4 is 9.64 Å². The molecular weight excluding hydrogens is 278 g/mol. The second-order valence-corrected chi connectivity index (χ2v) is 5.31. The largest absolute Gasteiger partial charge is 0.506 e. The number of rotatable bonds is 7. The van der Waals surface area contributed by atoms with Gasteiger partial charge in [-0.15, -0.1) is 0 Å². The Kier molecular flexibility index (Phi) is 5.67. The van der Waals surface area contributed by atoms with Crippen molar-refractivity contribution < 1.29 is 14.9 Å². The first kappa shape index (κ1) is 16.2. The highest BCUT2D eigenvalue weighted by molar-refractivity contribution is 5.57. The predicted molar refractivity (Wildman–Crippen MR) is 88.7 cm³/mol. The third-order valence-corrected chi connectivity index (χ3v) is 3.47. The first-order valence-electron chi connectivity index (χ1n) is 7.50. The van der Waals surface area contributed by atoms with E-state index in [1.165, 1.54) is 0 Å². The minimum Gasteiger partial charge on any atom is -0.506 e. The number of ether oxygens (including phenoxy) is 1. The third kappa shape index (κ3) is 4.40. The van der Waals surface area contributed by atoms with Crippen molar-refractivity contribution >= 4 is 5.69 Å². The van der Waals surface area contributed by atoms with Crippen molar-refractivity contribution in [3.05, 3.63) is 54.1 Å². The van der Waals surface area contributed by atoms with E-state index >= 15 is 0 Å². The molecule has 2 aromatic rings. The van der Waals surface area contributed by atoms with Gasteiger partial charge in [-0.2, -0.15) is 0 Å². The lowest BCUT2D eigenvalue weighted by atomic mass is 10.2. The van der Waals surface area contributed by atoms with Crippen LogP contribution in [0.5, 0.6) is 11.5 Å². The quantitative estimate of drug-likeness (QED) is 0.825.